The smallest absolute Gasteiger partial charge is 0.347 e. The predicted octanol–water partition coefficient (Wildman–Crippen LogP) is 2.84. The molecule has 1 unspecified atom stereocenters. The summed E-state index contributed by atoms with van der Waals surface area (Å²) < 4.78 is 41.7. The summed E-state index contributed by atoms with van der Waals surface area (Å²) in [6.07, 6.45) is -3.00. The zero-order valence-electron chi connectivity index (χ0n) is 17.8. The number of hydrogen-bond donors (Lipinski definition) is 2. The molecule has 0 radical (unpaired) electrons. The van der Waals surface area contributed by atoms with Crippen LogP contribution in [0.25, 0.3) is 22.4 Å². The van der Waals surface area contributed by atoms with E-state index in [1.807, 2.05) is 14.0 Å². The van der Waals surface area contributed by atoms with Crippen molar-refractivity contribution in [2.45, 2.75) is 38.4 Å². The molecule has 2 N–H and O–H groups in total. The van der Waals surface area contributed by atoms with E-state index in [-0.39, 0.29) is 17.5 Å². The number of carbonyl (C=O) groups is 1. The van der Waals surface area contributed by atoms with Crippen molar-refractivity contribution >= 4 is 16.8 Å². The Morgan fingerprint density at radius 1 is 1.28 bits per heavy atom. The second-order valence-corrected chi connectivity index (χ2v) is 8.03. The van der Waals surface area contributed by atoms with Gasteiger partial charge in [-0.05, 0) is 51.1 Å². The van der Waals surface area contributed by atoms with Crippen LogP contribution in [0.4, 0.5) is 13.2 Å². The van der Waals surface area contributed by atoms with E-state index in [1.165, 1.54) is 12.3 Å². The standard InChI is InChI=1S/C21H24F3N7O/c1-12-29-30-19(31(12)2)15-4-3-14-11-26-17(9-16(14)27-15)18(10-21(22,23)24)28-20(32)13-5-7-25-8-6-13/h3-4,9,11,13,18,25H,5-8,10H2,1-2H3,(H,28,32). The largest absolute Gasteiger partial charge is 0.391 e. The number of nitrogens with one attached hydrogen (secondary N) is 2. The van der Waals surface area contributed by atoms with Gasteiger partial charge in [0.1, 0.15) is 11.5 Å². The maximum Gasteiger partial charge on any atom is 0.391 e. The Morgan fingerprint density at radius 2 is 2.03 bits per heavy atom. The van der Waals surface area contributed by atoms with Gasteiger partial charge in [0.05, 0.1) is 23.7 Å². The molecule has 3 aromatic heterocycles. The van der Waals surface area contributed by atoms with Gasteiger partial charge in [0, 0.05) is 24.5 Å². The molecule has 4 rings (SSSR count). The maximum absolute atomic E-state index is 13.3. The van der Waals surface area contributed by atoms with Gasteiger partial charge in [-0.2, -0.15) is 13.2 Å². The van der Waals surface area contributed by atoms with Crippen molar-refractivity contribution < 1.29 is 18.0 Å². The summed E-state index contributed by atoms with van der Waals surface area (Å²) >= 11 is 0. The van der Waals surface area contributed by atoms with Gasteiger partial charge < -0.3 is 15.2 Å². The minimum Gasteiger partial charge on any atom is -0.347 e. The first-order valence-corrected chi connectivity index (χ1v) is 10.4. The molecular formula is C21H24F3N7O. The molecule has 0 saturated carbocycles. The van der Waals surface area contributed by atoms with Gasteiger partial charge in [-0.15, -0.1) is 10.2 Å². The Kier molecular flexibility index (Phi) is 6.09. The molecule has 170 valence electrons. The fraction of sp³-hybridized carbons (Fsp3) is 0.476. The lowest BCUT2D eigenvalue weighted by Gasteiger charge is -2.26. The minimum atomic E-state index is -4.46. The highest BCUT2D eigenvalue weighted by Crippen LogP contribution is 2.31. The van der Waals surface area contributed by atoms with Crippen molar-refractivity contribution in [2.75, 3.05) is 13.1 Å². The maximum atomic E-state index is 13.3. The van der Waals surface area contributed by atoms with Crippen LogP contribution in [0.5, 0.6) is 0 Å². The van der Waals surface area contributed by atoms with Crippen LogP contribution in [0, 0.1) is 12.8 Å². The van der Waals surface area contributed by atoms with Crippen molar-refractivity contribution in [1.29, 1.82) is 0 Å². The van der Waals surface area contributed by atoms with Crippen LogP contribution >= 0.6 is 0 Å². The lowest BCUT2D eigenvalue weighted by molar-refractivity contribution is -0.144. The molecule has 0 spiro atoms. The summed E-state index contributed by atoms with van der Waals surface area (Å²) in [5.41, 5.74) is 1.14. The first kappa shape index (κ1) is 22.1. The number of halogens is 3. The highest BCUT2D eigenvalue weighted by atomic mass is 19.4. The monoisotopic (exact) mass is 447 g/mol. The lowest BCUT2D eigenvalue weighted by atomic mass is 9.96. The molecule has 1 saturated heterocycles. The predicted molar refractivity (Wildman–Crippen MR) is 111 cm³/mol. The van der Waals surface area contributed by atoms with E-state index in [0.29, 0.717) is 54.2 Å². The number of nitrogens with zero attached hydrogens (tertiary/aromatic N) is 5. The van der Waals surface area contributed by atoms with E-state index < -0.39 is 18.6 Å². The van der Waals surface area contributed by atoms with Crippen LogP contribution in [-0.2, 0) is 11.8 Å². The molecule has 0 aliphatic carbocycles. The SMILES string of the molecule is Cc1nnc(-c2ccc3cnc(C(CC(F)(F)F)NC(=O)C4CCNCC4)cc3n2)n1C. The van der Waals surface area contributed by atoms with Crippen LogP contribution in [0.15, 0.2) is 24.4 Å². The summed E-state index contributed by atoms with van der Waals surface area (Å²) in [7, 11) is 1.81. The van der Waals surface area contributed by atoms with Gasteiger partial charge in [0.2, 0.25) is 5.91 Å². The van der Waals surface area contributed by atoms with Crippen molar-refractivity contribution in [3.05, 3.63) is 35.9 Å². The molecule has 1 aliphatic heterocycles. The van der Waals surface area contributed by atoms with E-state index in [1.54, 1.807) is 16.7 Å². The quantitative estimate of drug-likeness (QED) is 0.624. The molecule has 32 heavy (non-hydrogen) atoms. The Morgan fingerprint density at radius 3 is 2.69 bits per heavy atom. The number of piperidine rings is 1. The molecule has 1 atom stereocenters. The molecule has 11 heteroatoms. The molecule has 1 fully saturated rings. The van der Waals surface area contributed by atoms with Crippen molar-refractivity contribution in [2.24, 2.45) is 13.0 Å². The van der Waals surface area contributed by atoms with Crippen LogP contribution in [0.3, 0.4) is 0 Å². The summed E-state index contributed by atoms with van der Waals surface area (Å²) in [5, 5.41) is 14.5. The fourth-order valence-electron chi connectivity index (χ4n) is 3.81. The Balaban J connectivity index is 1.66. The third-order valence-corrected chi connectivity index (χ3v) is 5.74. The molecule has 3 aromatic rings. The summed E-state index contributed by atoms with van der Waals surface area (Å²) in [6, 6.07) is 3.76. The number of carbonyl (C=O) groups excluding carboxylic acids is 1. The van der Waals surface area contributed by atoms with Gasteiger partial charge in [-0.25, -0.2) is 4.98 Å². The molecule has 8 nitrogen and oxygen atoms in total. The zero-order valence-corrected chi connectivity index (χ0v) is 17.8. The number of pyridine rings is 2. The average Bonchev–Trinajstić information content (AvgIpc) is 3.10. The van der Waals surface area contributed by atoms with Crippen molar-refractivity contribution in [1.82, 2.24) is 35.4 Å². The first-order valence-electron chi connectivity index (χ1n) is 10.4. The van der Waals surface area contributed by atoms with Crippen LogP contribution in [0.2, 0.25) is 0 Å². The normalized spacial score (nSPS) is 16.3. The average molecular weight is 447 g/mol. The second kappa shape index (κ2) is 8.81. The number of alkyl halides is 3. The summed E-state index contributed by atoms with van der Waals surface area (Å²) in [6.45, 7) is 3.15. The van der Waals surface area contributed by atoms with Gasteiger partial charge in [0.15, 0.2) is 5.82 Å². The highest BCUT2D eigenvalue weighted by molar-refractivity contribution is 5.81. The topological polar surface area (TPSA) is 97.6 Å². The van der Waals surface area contributed by atoms with E-state index in [4.69, 9.17) is 0 Å². The third kappa shape index (κ3) is 4.87. The Bertz CT molecular complexity index is 1120. The number of amides is 1. The molecular weight excluding hydrogens is 423 g/mol. The third-order valence-electron chi connectivity index (χ3n) is 5.74. The molecule has 1 aliphatic rings. The molecule has 4 heterocycles. The number of aryl methyl sites for hydroxylation is 1. The van der Waals surface area contributed by atoms with E-state index in [0.717, 1.165) is 0 Å². The second-order valence-electron chi connectivity index (χ2n) is 8.03. The van der Waals surface area contributed by atoms with Crippen molar-refractivity contribution in [3.63, 3.8) is 0 Å². The Hall–Kier alpha value is -3.08. The highest BCUT2D eigenvalue weighted by Gasteiger charge is 2.35. The number of rotatable bonds is 5. The Labute approximate surface area is 182 Å². The van der Waals surface area contributed by atoms with Gasteiger partial charge in [0.25, 0.3) is 0 Å². The fourth-order valence-corrected chi connectivity index (χ4v) is 3.81. The molecule has 0 bridgehead atoms. The van der Waals surface area contributed by atoms with Crippen LogP contribution in [-0.4, -0.2) is 49.9 Å². The number of aromatic nitrogens is 5. The minimum absolute atomic E-state index is 0.121. The van der Waals surface area contributed by atoms with Crippen LogP contribution in [0.1, 0.15) is 36.8 Å². The zero-order chi connectivity index (χ0) is 22.9. The van der Waals surface area contributed by atoms with Crippen molar-refractivity contribution in [3.8, 4) is 11.5 Å². The van der Waals surface area contributed by atoms with E-state index in [9.17, 15) is 18.0 Å². The lowest BCUT2D eigenvalue weighted by Crippen LogP contribution is -2.40. The number of hydrogen-bond acceptors (Lipinski definition) is 6. The first-order chi connectivity index (χ1) is 15.2. The van der Waals surface area contributed by atoms with Crippen LogP contribution < -0.4 is 10.6 Å². The van der Waals surface area contributed by atoms with Gasteiger partial charge in [-0.1, -0.05) is 0 Å². The molecule has 0 aromatic carbocycles. The van der Waals surface area contributed by atoms with E-state index >= 15 is 0 Å². The summed E-state index contributed by atoms with van der Waals surface area (Å²) in [4.78, 5) is 21.4. The van der Waals surface area contributed by atoms with E-state index in [2.05, 4.69) is 30.8 Å². The summed E-state index contributed by atoms with van der Waals surface area (Å²) in [5.74, 6) is 0.576. The van der Waals surface area contributed by atoms with Gasteiger partial charge in [-0.3, -0.25) is 9.78 Å². The van der Waals surface area contributed by atoms with Gasteiger partial charge >= 0.3 is 6.18 Å². The number of fused-ring (bicyclic) bond motifs is 1. The molecule has 1 amide bonds.